The third-order valence-electron chi connectivity index (χ3n) is 2.29. The Balaban J connectivity index is 2.18. The minimum absolute atomic E-state index is 0.338. The molecule has 0 saturated carbocycles. The van der Waals surface area contributed by atoms with E-state index < -0.39 is 5.97 Å². The number of nitrogens with zero attached hydrogens (tertiary/aromatic N) is 2. The van der Waals surface area contributed by atoms with Gasteiger partial charge in [0.15, 0.2) is 5.82 Å². The quantitative estimate of drug-likeness (QED) is 0.615. The molecule has 0 spiro atoms. The van der Waals surface area contributed by atoms with Crippen molar-refractivity contribution in [2.75, 3.05) is 18.2 Å². The molecule has 18 heavy (non-hydrogen) atoms. The van der Waals surface area contributed by atoms with Crippen molar-refractivity contribution in [3.63, 3.8) is 0 Å². The lowest BCUT2D eigenvalue weighted by Crippen LogP contribution is -2.09. The highest BCUT2D eigenvalue weighted by molar-refractivity contribution is 5.96. The Hall–Kier alpha value is -2.57. The summed E-state index contributed by atoms with van der Waals surface area (Å²) in [6.07, 6.45) is 1.24. The van der Waals surface area contributed by atoms with Crippen molar-refractivity contribution in [1.29, 1.82) is 0 Å². The number of anilines is 2. The van der Waals surface area contributed by atoms with Crippen LogP contribution in [-0.4, -0.2) is 23.2 Å². The first-order chi connectivity index (χ1) is 8.70. The molecule has 3 N–H and O–H groups in total. The number of esters is 1. The highest BCUT2D eigenvalue weighted by Crippen LogP contribution is 2.20. The molecule has 0 aliphatic heterocycles. The molecule has 0 bridgehead atoms. The van der Waals surface area contributed by atoms with Crippen LogP contribution < -0.4 is 11.1 Å². The number of carbonyl (C=O) groups is 1. The third kappa shape index (κ3) is 2.57. The van der Waals surface area contributed by atoms with Crippen LogP contribution in [0.5, 0.6) is 0 Å². The highest BCUT2D eigenvalue weighted by atomic mass is 16.5. The largest absolute Gasteiger partial charge is 0.465 e. The average molecular weight is 248 g/mol. The molecule has 2 rings (SSSR count). The van der Waals surface area contributed by atoms with Crippen LogP contribution in [0.25, 0.3) is 0 Å². The van der Waals surface area contributed by atoms with E-state index in [1.807, 2.05) is 0 Å². The second-order valence-corrected chi connectivity index (χ2v) is 3.50. The van der Waals surface area contributed by atoms with Crippen LogP contribution in [0.3, 0.4) is 0 Å². The van der Waals surface area contributed by atoms with Crippen LogP contribution in [0.2, 0.25) is 0 Å². The van der Waals surface area contributed by atoms with Crippen LogP contribution in [0.1, 0.15) is 16.2 Å². The molecule has 0 aliphatic rings. The maximum atomic E-state index is 11.6. The molecule has 0 unspecified atom stereocenters. The number of nitrogen functional groups attached to an aromatic ring is 1. The molecule has 0 atom stereocenters. The number of carbonyl (C=O) groups excluding carboxylic acids is 1. The maximum absolute atomic E-state index is 11.6. The van der Waals surface area contributed by atoms with Crippen LogP contribution in [0, 0.1) is 0 Å². The molecule has 7 heteroatoms. The molecule has 2 aromatic rings. The van der Waals surface area contributed by atoms with Gasteiger partial charge < -0.3 is 20.3 Å². The zero-order chi connectivity index (χ0) is 13.0. The highest BCUT2D eigenvalue weighted by Gasteiger charge is 2.12. The Labute approximate surface area is 103 Å². The van der Waals surface area contributed by atoms with Gasteiger partial charge in [-0.25, -0.2) is 4.79 Å². The molecule has 1 aromatic heterocycles. The van der Waals surface area contributed by atoms with E-state index in [1.165, 1.54) is 13.5 Å². The summed E-state index contributed by atoms with van der Waals surface area (Å²) < 4.78 is 9.29. The predicted octanol–water partition coefficient (Wildman–Crippen LogP) is 1.05. The average Bonchev–Trinajstić information content (AvgIpc) is 2.89. The summed E-state index contributed by atoms with van der Waals surface area (Å²) in [6.45, 7) is 0.338. The lowest BCUT2D eigenvalue weighted by atomic mass is 10.1. The minimum Gasteiger partial charge on any atom is -0.465 e. The molecular weight excluding hydrogens is 236 g/mol. The van der Waals surface area contributed by atoms with Gasteiger partial charge in [-0.1, -0.05) is 5.16 Å². The molecule has 0 saturated heterocycles. The Morgan fingerprint density at radius 2 is 2.39 bits per heavy atom. The number of nitrogens with one attached hydrogen (secondary N) is 1. The molecule has 94 valence electrons. The SMILES string of the molecule is COC(=O)c1cc(N)ccc1NCc1ncon1. The Kier molecular flexibility index (Phi) is 3.42. The van der Waals surface area contributed by atoms with E-state index in [9.17, 15) is 4.79 Å². The molecule has 0 amide bonds. The van der Waals surface area contributed by atoms with Crippen LogP contribution in [0.15, 0.2) is 29.1 Å². The van der Waals surface area contributed by atoms with Gasteiger partial charge in [-0.3, -0.25) is 0 Å². The summed E-state index contributed by atoms with van der Waals surface area (Å²) in [5.74, 6) is 0.0283. The molecule has 7 nitrogen and oxygen atoms in total. The minimum atomic E-state index is -0.460. The predicted molar refractivity (Wildman–Crippen MR) is 63.8 cm³/mol. The smallest absolute Gasteiger partial charge is 0.340 e. The summed E-state index contributed by atoms with van der Waals surface area (Å²) in [4.78, 5) is 15.4. The van der Waals surface area contributed by atoms with Gasteiger partial charge in [-0.2, -0.15) is 4.98 Å². The number of ether oxygens (including phenoxy) is 1. The van der Waals surface area contributed by atoms with E-state index >= 15 is 0 Å². The number of benzene rings is 1. The van der Waals surface area contributed by atoms with Crippen molar-refractivity contribution in [2.24, 2.45) is 0 Å². The summed E-state index contributed by atoms with van der Waals surface area (Å²) in [6, 6.07) is 4.93. The van der Waals surface area contributed by atoms with Crippen molar-refractivity contribution in [3.8, 4) is 0 Å². The van der Waals surface area contributed by atoms with Gasteiger partial charge in [0.2, 0.25) is 6.39 Å². The van der Waals surface area contributed by atoms with Gasteiger partial charge >= 0.3 is 5.97 Å². The zero-order valence-corrected chi connectivity index (χ0v) is 9.71. The lowest BCUT2D eigenvalue weighted by molar-refractivity contribution is 0.0602. The fourth-order valence-corrected chi connectivity index (χ4v) is 1.44. The van der Waals surface area contributed by atoms with E-state index in [4.69, 9.17) is 5.73 Å². The van der Waals surface area contributed by atoms with E-state index in [2.05, 4.69) is 24.7 Å². The van der Waals surface area contributed by atoms with Gasteiger partial charge in [-0.05, 0) is 18.2 Å². The number of nitrogens with two attached hydrogens (primary N) is 1. The van der Waals surface area contributed by atoms with Crippen molar-refractivity contribution in [3.05, 3.63) is 36.0 Å². The second kappa shape index (κ2) is 5.17. The van der Waals surface area contributed by atoms with Gasteiger partial charge in [0.1, 0.15) is 0 Å². The van der Waals surface area contributed by atoms with Gasteiger partial charge in [0.05, 0.1) is 19.2 Å². The zero-order valence-electron chi connectivity index (χ0n) is 9.71. The standard InChI is InChI=1S/C11H12N4O3/c1-17-11(16)8-4-7(12)2-3-9(8)13-5-10-14-6-18-15-10/h2-4,6,13H,5,12H2,1H3. The van der Waals surface area contributed by atoms with E-state index in [0.29, 0.717) is 29.3 Å². The fourth-order valence-electron chi connectivity index (χ4n) is 1.44. The van der Waals surface area contributed by atoms with E-state index in [1.54, 1.807) is 18.2 Å². The lowest BCUT2D eigenvalue weighted by Gasteiger charge is -2.09. The topological polar surface area (TPSA) is 103 Å². The number of hydrogen-bond donors (Lipinski definition) is 2. The third-order valence-corrected chi connectivity index (χ3v) is 2.29. The molecular formula is C11H12N4O3. The van der Waals surface area contributed by atoms with Crippen LogP contribution >= 0.6 is 0 Å². The Morgan fingerprint density at radius 3 is 3.06 bits per heavy atom. The monoisotopic (exact) mass is 248 g/mol. The normalized spacial score (nSPS) is 10.1. The molecule has 0 fully saturated rings. The van der Waals surface area contributed by atoms with Gasteiger partial charge in [0.25, 0.3) is 0 Å². The van der Waals surface area contributed by atoms with Gasteiger partial charge in [-0.15, -0.1) is 0 Å². The summed E-state index contributed by atoms with van der Waals surface area (Å²) in [5.41, 5.74) is 7.08. The Morgan fingerprint density at radius 1 is 1.56 bits per heavy atom. The summed E-state index contributed by atoms with van der Waals surface area (Å²) in [7, 11) is 1.31. The fraction of sp³-hybridized carbons (Fsp3) is 0.182. The first-order valence-corrected chi connectivity index (χ1v) is 5.17. The second-order valence-electron chi connectivity index (χ2n) is 3.50. The maximum Gasteiger partial charge on any atom is 0.340 e. The van der Waals surface area contributed by atoms with Crippen molar-refractivity contribution in [1.82, 2.24) is 10.1 Å². The summed E-state index contributed by atoms with van der Waals surface area (Å²) >= 11 is 0. The first-order valence-electron chi connectivity index (χ1n) is 5.17. The molecule has 0 radical (unpaired) electrons. The van der Waals surface area contributed by atoms with Crippen molar-refractivity contribution >= 4 is 17.3 Å². The summed E-state index contributed by atoms with van der Waals surface area (Å²) in [5, 5.41) is 6.67. The van der Waals surface area contributed by atoms with Crippen molar-refractivity contribution in [2.45, 2.75) is 6.54 Å². The number of aromatic nitrogens is 2. The van der Waals surface area contributed by atoms with Crippen LogP contribution in [0.4, 0.5) is 11.4 Å². The van der Waals surface area contributed by atoms with E-state index in [-0.39, 0.29) is 0 Å². The Bertz CT molecular complexity index is 539. The number of methoxy groups -OCH3 is 1. The molecule has 1 heterocycles. The van der Waals surface area contributed by atoms with Crippen LogP contribution in [-0.2, 0) is 11.3 Å². The van der Waals surface area contributed by atoms with Crippen molar-refractivity contribution < 1.29 is 14.1 Å². The molecule has 1 aromatic carbocycles. The number of rotatable bonds is 4. The molecule has 0 aliphatic carbocycles. The van der Waals surface area contributed by atoms with E-state index in [0.717, 1.165) is 0 Å². The van der Waals surface area contributed by atoms with Gasteiger partial charge in [0, 0.05) is 11.4 Å². The first kappa shape index (κ1) is 11.9. The number of hydrogen-bond acceptors (Lipinski definition) is 7.